The average Bonchev–Trinajstić information content (AvgIpc) is 3.14. The number of guanidine groups is 1. The summed E-state index contributed by atoms with van der Waals surface area (Å²) in [7, 11) is 1.72. The molecule has 1 amide bonds. The fraction of sp³-hybridized carbons (Fsp3) is 0.391. The van der Waals surface area contributed by atoms with Crippen molar-refractivity contribution in [2.75, 3.05) is 25.0 Å². The van der Waals surface area contributed by atoms with E-state index in [-0.39, 0.29) is 17.1 Å². The van der Waals surface area contributed by atoms with Crippen LogP contribution >= 0.6 is 0 Å². The number of halogens is 1. The normalized spacial score (nSPS) is 15.0. The molecule has 154 valence electrons. The van der Waals surface area contributed by atoms with Gasteiger partial charge in [-0.05, 0) is 35.7 Å². The first kappa shape index (κ1) is 20.8. The summed E-state index contributed by atoms with van der Waals surface area (Å²) >= 11 is 0. The molecule has 5 nitrogen and oxygen atoms in total. The quantitative estimate of drug-likeness (QED) is 0.580. The summed E-state index contributed by atoms with van der Waals surface area (Å²) in [6, 6.07) is 14.9. The maximum Gasteiger partial charge on any atom is 0.227 e. The van der Waals surface area contributed by atoms with E-state index in [4.69, 9.17) is 0 Å². The number of carbonyl (C=O) groups is 1. The van der Waals surface area contributed by atoms with Crippen molar-refractivity contribution in [1.29, 1.82) is 0 Å². The second kappa shape index (κ2) is 9.07. The molecule has 2 N–H and O–H groups in total. The van der Waals surface area contributed by atoms with Crippen LogP contribution in [0, 0.1) is 5.82 Å². The number of amides is 1. The van der Waals surface area contributed by atoms with Crippen LogP contribution in [0.3, 0.4) is 0 Å². The third kappa shape index (κ3) is 5.13. The minimum absolute atomic E-state index is 0.193. The lowest BCUT2D eigenvalue weighted by molar-refractivity contribution is -0.117. The number of aliphatic imine (C=N–C) groups is 1. The van der Waals surface area contributed by atoms with Gasteiger partial charge in [0.2, 0.25) is 5.91 Å². The number of hydrogen-bond donors (Lipinski definition) is 2. The van der Waals surface area contributed by atoms with Crippen LogP contribution in [0.5, 0.6) is 0 Å². The summed E-state index contributed by atoms with van der Waals surface area (Å²) in [5.74, 6) is 0.657. The zero-order chi connectivity index (χ0) is 20.9. The van der Waals surface area contributed by atoms with Crippen LogP contribution in [-0.4, -0.2) is 32.0 Å². The van der Waals surface area contributed by atoms with E-state index >= 15 is 0 Å². The Hall–Kier alpha value is -2.89. The molecule has 1 saturated heterocycles. The number of anilines is 1. The van der Waals surface area contributed by atoms with Crippen molar-refractivity contribution in [2.45, 2.75) is 38.6 Å². The molecule has 2 aromatic rings. The Balaban J connectivity index is 1.54. The van der Waals surface area contributed by atoms with Gasteiger partial charge in [-0.3, -0.25) is 9.79 Å². The van der Waals surface area contributed by atoms with Gasteiger partial charge in [0.1, 0.15) is 5.82 Å². The summed E-state index contributed by atoms with van der Waals surface area (Å²) in [5, 5.41) is 6.57. The van der Waals surface area contributed by atoms with Crippen LogP contribution in [0.25, 0.3) is 0 Å². The summed E-state index contributed by atoms with van der Waals surface area (Å²) < 4.78 is 14.1. The Bertz CT molecular complexity index is 877. The van der Waals surface area contributed by atoms with E-state index in [0.717, 1.165) is 24.2 Å². The number of rotatable bonds is 6. The molecule has 3 rings (SSSR count). The van der Waals surface area contributed by atoms with Gasteiger partial charge in [-0.2, -0.15) is 0 Å². The topological polar surface area (TPSA) is 56.7 Å². The monoisotopic (exact) mass is 396 g/mol. The molecule has 0 radical (unpaired) electrons. The highest BCUT2D eigenvalue weighted by Gasteiger charge is 2.24. The van der Waals surface area contributed by atoms with Gasteiger partial charge in [-0.15, -0.1) is 0 Å². The van der Waals surface area contributed by atoms with E-state index in [0.29, 0.717) is 31.0 Å². The summed E-state index contributed by atoms with van der Waals surface area (Å²) in [6.45, 7) is 5.95. The van der Waals surface area contributed by atoms with Crippen LogP contribution in [0.2, 0.25) is 0 Å². The largest absolute Gasteiger partial charge is 0.356 e. The highest BCUT2D eigenvalue weighted by atomic mass is 19.1. The van der Waals surface area contributed by atoms with E-state index in [1.165, 1.54) is 6.07 Å². The molecular weight excluding hydrogens is 367 g/mol. The maximum absolute atomic E-state index is 14.1. The zero-order valence-electron chi connectivity index (χ0n) is 17.3. The van der Waals surface area contributed by atoms with Crippen molar-refractivity contribution in [3.63, 3.8) is 0 Å². The fourth-order valence-electron chi connectivity index (χ4n) is 3.53. The Morgan fingerprint density at radius 1 is 1.14 bits per heavy atom. The summed E-state index contributed by atoms with van der Waals surface area (Å²) in [5.41, 5.74) is 2.34. The second-order valence-corrected chi connectivity index (χ2v) is 7.96. The smallest absolute Gasteiger partial charge is 0.227 e. The Labute approximate surface area is 172 Å². The first-order valence-corrected chi connectivity index (χ1v) is 9.99. The summed E-state index contributed by atoms with van der Waals surface area (Å²) in [6.07, 6.45) is 1.56. The van der Waals surface area contributed by atoms with Crippen LogP contribution in [0.1, 0.15) is 37.8 Å². The Morgan fingerprint density at radius 3 is 2.48 bits per heavy atom. The molecule has 1 aliphatic heterocycles. The Kier molecular flexibility index (Phi) is 6.52. The standard InChI is InChI=1S/C23H29FN4O/c1-23(2,19-7-4-5-8-20(19)24)16-27-22(25-3)26-15-17-10-12-18(13-11-17)28-14-6-9-21(28)29/h4-5,7-8,10-13H,6,9,14-16H2,1-3H3,(H2,25,26,27). The van der Waals surface area contributed by atoms with E-state index in [1.807, 2.05) is 55.1 Å². The van der Waals surface area contributed by atoms with Crippen LogP contribution < -0.4 is 15.5 Å². The van der Waals surface area contributed by atoms with Gasteiger partial charge in [0.25, 0.3) is 0 Å². The lowest BCUT2D eigenvalue weighted by Gasteiger charge is -2.27. The molecule has 29 heavy (non-hydrogen) atoms. The highest BCUT2D eigenvalue weighted by molar-refractivity contribution is 5.95. The number of hydrogen-bond acceptors (Lipinski definition) is 2. The van der Waals surface area contributed by atoms with Gasteiger partial charge in [0.05, 0.1) is 0 Å². The molecule has 2 aromatic carbocycles. The number of nitrogens with one attached hydrogen (secondary N) is 2. The van der Waals surface area contributed by atoms with Crippen LogP contribution in [-0.2, 0) is 16.8 Å². The number of benzene rings is 2. The molecule has 0 spiro atoms. The van der Waals surface area contributed by atoms with E-state index < -0.39 is 0 Å². The fourth-order valence-corrected chi connectivity index (χ4v) is 3.53. The summed E-state index contributed by atoms with van der Waals surface area (Å²) in [4.78, 5) is 18.0. The molecule has 1 aliphatic rings. The van der Waals surface area contributed by atoms with E-state index in [9.17, 15) is 9.18 Å². The van der Waals surface area contributed by atoms with Crippen molar-refractivity contribution in [1.82, 2.24) is 10.6 Å². The third-order valence-corrected chi connectivity index (χ3v) is 5.31. The predicted molar refractivity (Wildman–Crippen MR) is 116 cm³/mol. The lowest BCUT2D eigenvalue weighted by atomic mass is 9.84. The highest BCUT2D eigenvalue weighted by Crippen LogP contribution is 2.25. The molecular formula is C23H29FN4O. The first-order chi connectivity index (χ1) is 13.9. The molecule has 0 atom stereocenters. The SMILES string of the molecule is CN=C(NCc1ccc(N2CCCC2=O)cc1)NCC(C)(C)c1ccccc1F. The van der Waals surface area contributed by atoms with Gasteiger partial charge < -0.3 is 15.5 Å². The minimum Gasteiger partial charge on any atom is -0.356 e. The minimum atomic E-state index is -0.382. The molecule has 1 heterocycles. The van der Waals surface area contributed by atoms with E-state index in [2.05, 4.69) is 15.6 Å². The zero-order valence-corrected chi connectivity index (χ0v) is 17.3. The Morgan fingerprint density at radius 2 is 1.86 bits per heavy atom. The van der Waals surface area contributed by atoms with Crippen molar-refractivity contribution in [3.05, 3.63) is 65.5 Å². The number of nitrogens with zero attached hydrogens (tertiary/aromatic N) is 2. The number of carbonyl (C=O) groups excluding carboxylic acids is 1. The van der Waals surface area contributed by atoms with Gasteiger partial charge in [0.15, 0.2) is 5.96 Å². The molecule has 0 saturated carbocycles. The van der Waals surface area contributed by atoms with Crippen molar-refractivity contribution in [3.8, 4) is 0 Å². The molecule has 6 heteroatoms. The van der Waals surface area contributed by atoms with Crippen LogP contribution in [0.15, 0.2) is 53.5 Å². The van der Waals surface area contributed by atoms with Gasteiger partial charge in [0, 0.05) is 44.2 Å². The maximum atomic E-state index is 14.1. The van der Waals surface area contributed by atoms with Crippen LogP contribution in [0.4, 0.5) is 10.1 Å². The predicted octanol–water partition coefficient (Wildman–Crippen LogP) is 3.60. The molecule has 1 fully saturated rings. The van der Waals surface area contributed by atoms with Gasteiger partial charge in [-0.1, -0.05) is 44.2 Å². The molecule has 0 unspecified atom stereocenters. The van der Waals surface area contributed by atoms with Gasteiger partial charge in [-0.25, -0.2) is 4.39 Å². The average molecular weight is 397 g/mol. The van der Waals surface area contributed by atoms with Gasteiger partial charge >= 0.3 is 0 Å². The van der Waals surface area contributed by atoms with Crippen molar-refractivity contribution in [2.24, 2.45) is 4.99 Å². The molecule has 0 aromatic heterocycles. The second-order valence-electron chi connectivity index (χ2n) is 7.96. The lowest BCUT2D eigenvalue weighted by Crippen LogP contribution is -2.43. The molecule has 0 bridgehead atoms. The van der Waals surface area contributed by atoms with Crippen molar-refractivity contribution < 1.29 is 9.18 Å². The van der Waals surface area contributed by atoms with E-state index in [1.54, 1.807) is 13.1 Å². The van der Waals surface area contributed by atoms with Crippen molar-refractivity contribution >= 4 is 17.6 Å². The molecule has 0 aliphatic carbocycles. The first-order valence-electron chi connectivity index (χ1n) is 9.99. The third-order valence-electron chi connectivity index (χ3n) is 5.31.